The van der Waals surface area contributed by atoms with Crippen LogP contribution in [-0.4, -0.2) is 16.4 Å². The van der Waals surface area contributed by atoms with E-state index in [-0.39, 0.29) is 14.9 Å². The van der Waals surface area contributed by atoms with Crippen molar-refractivity contribution >= 4 is 23.2 Å². The van der Waals surface area contributed by atoms with Crippen molar-refractivity contribution in [2.45, 2.75) is 19.7 Å². The highest BCUT2D eigenvalue weighted by Gasteiger charge is 2.65. The number of ketones is 2. The zero-order valence-electron chi connectivity index (χ0n) is 8.06. The molecule has 1 aliphatic carbocycles. The van der Waals surface area contributed by atoms with E-state index < -0.39 is 27.4 Å². The van der Waals surface area contributed by atoms with Crippen molar-refractivity contribution in [3.8, 4) is 24.3 Å². The number of nitriles is 4. The van der Waals surface area contributed by atoms with Gasteiger partial charge in [0.2, 0.25) is 16.1 Å². The number of alkyl halides is 1. The van der Waals surface area contributed by atoms with Gasteiger partial charge in [-0.3, -0.25) is 9.59 Å². The van der Waals surface area contributed by atoms with Gasteiger partial charge in [0.1, 0.15) is 11.6 Å². The van der Waals surface area contributed by atoms with Gasteiger partial charge in [-0.1, -0.05) is 26.5 Å². The third kappa shape index (κ3) is 1.95. The molecule has 96 valence electrons. The SMILES string of the molecule is C.C.N#CC1=CC(=O)C(Cl)(C#N)C(C#N)(C#N)C1=O. The van der Waals surface area contributed by atoms with Crippen molar-refractivity contribution in [3.63, 3.8) is 0 Å². The molecule has 7 heteroatoms. The van der Waals surface area contributed by atoms with Gasteiger partial charge in [-0.25, -0.2) is 0 Å². The Morgan fingerprint density at radius 3 is 1.79 bits per heavy atom. The molecule has 6 nitrogen and oxygen atoms in total. The molecule has 1 unspecified atom stereocenters. The van der Waals surface area contributed by atoms with Gasteiger partial charge in [0.25, 0.3) is 0 Å². The van der Waals surface area contributed by atoms with Gasteiger partial charge >= 0.3 is 0 Å². The van der Waals surface area contributed by atoms with E-state index in [4.69, 9.17) is 32.6 Å². The lowest BCUT2D eigenvalue weighted by Crippen LogP contribution is -2.55. The first-order valence-electron chi connectivity index (χ1n) is 4.07. The summed E-state index contributed by atoms with van der Waals surface area (Å²) in [7, 11) is 0. The fraction of sp³-hybridized carbons (Fsp3) is 0.333. The molecule has 1 rings (SSSR count). The maximum Gasteiger partial charge on any atom is 0.246 e. The van der Waals surface area contributed by atoms with Gasteiger partial charge in [0, 0.05) is 6.08 Å². The number of halogens is 1. The van der Waals surface area contributed by atoms with Crippen LogP contribution in [0.4, 0.5) is 0 Å². The number of nitrogens with zero attached hydrogens (tertiary/aromatic N) is 4. The summed E-state index contributed by atoms with van der Waals surface area (Å²) in [6, 6.07) is 5.23. The number of rotatable bonds is 0. The Bertz CT molecular complexity index is 610. The Labute approximate surface area is 115 Å². The van der Waals surface area contributed by atoms with Crippen LogP contribution < -0.4 is 0 Å². The summed E-state index contributed by atoms with van der Waals surface area (Å²) in [4.78, 5) is 20.7. The Balaban J connectivity index is 0. The Kier molecular flexibility index (Phi) is 5.69. The third-order valence-electron chi connectivity index (χ3n) is 2.33. The minimum atomic E-state index is -2.69. The smallest absolute Gasteiger partial charge is 0.246 e. The monoisotopic (exact) mass is 276 g/mol. The molecule has 0 N–H and O–H groups in total. The summed E-state index contributed by atoms with van der Waals surface area (Å²) in [6.07, 6.45) is 0.575. The first-order chi connectivity index (χ1) is 7.93. The van der Waals surface area contributed by atoms with E-state index in [1.807, 2.05) is 0 Å². The van der Waals surface area contributed by atoms with Crippen molar-refractivity contribution in [1.82, 2.24) is 0 Å². The number of Topliss-reactive ketones (excluding diaryl/α,β-unsaturated/α-hetero) is 1. The summed E-state index contributed by atoms with van der Waals surface area (Å²) in [5.41, 5.74) is -3.36. The highest BCUT2D eigenvalue weighted by Crippen LogP contribution is 2.43. The topological polar surface area (TPSA) is 129 Å². The molecule has 0 aliphatic heterocycles. The molecule has 0 radical (unpaired) electrons. The van der Waals surface area contributed by atoms with Gasteiger partial charge in [0.05, 0.1) is 18.2 Å². The molecule has 0 spiro atoms. The fourth-order valence-electron chi connectivity index (χ4n) is 1.34. The number of allylic oxidation sites excluding steroid dienone is 2. The quantitative estimate of drug-likeness (QED) is 0.615. The number of carbonyl (C=O) groups excluding carboxylic acids is 2. The van der Waals surface area contributed by atoms with Crippen LogP contribution in [0, 0.1) is 50.7 Å². The molecule has 0 amide bonds. The molecule has 0 fully saturated rings. The van der Waals surface area contributed by atoms with Crippen LogP contribution in [0.3, 0.4) is 0 Å². The Morgan fingerprint density at radius 1 is 1.00 bits per heavy atom. The van der Waals surface area contributed by atoms with Gasteiger partial charge in [-0.15, -0.1) is 0 Å². The summed E-state index contributed by atoms with van der Waals surface area (Å²) >= 11 is 5.62. The van der Waals surface area contributed by atoms with Crippen molar-refractivity contribution in [1.29, 1.82) is 21.0 Å². The van der Waals surface area contributed by atoms with Crippen LogP contribution in [0.25, 0.3) is 0 Å². The normalized spacial score (nSPS) is 23.1. The van der Waals surface area contributed by atoms with Crippen molar-refractivity contribution in [3.05, 3.63) is 11.6 Å². The molecular weight excluding hydrogens is 268 g/mol. The highest BCUT2D eigenvalue weighted by atomic mass is 35.5. The summed E-state index contributed by atoms with van der Waals surface area (Å²) in [6.45, 7) is 0. The summed E-state index contributed by atoms with van der Waals surface area (Å²) in [5, 5.41) is 35.2. The van der Waals surface area contributed by atoms with E-state index in [2.05, 4.69) is 0 Å². The Morgan fingerprint density at radius 2 is 1.47 bits per heavy atom. The second-order valence-electron chi connectivity index (χ2n) is 3.11. The lowest BCUT2D eigenvalue weighted by molar-refractivity contribution is -0.127. The first-order valence-corrected chi connectivity index (χ1v) is 4.45. The van der Waals surface area contributed by atoms with E-state index in [0.717, 1.165) is 0 Å². The zero-order valence-corrected chi connectivity index (χ0v) is 8.82. The highest BCUT2D eigenvalue weighted by molar-refractivity contribution is 6.45. The van der Waals surface area contributed by atoms with E-state index in [9.17, 15) is 9.59 Å². The van der Waals surface area contributed by atoms with Gasteiger partial charge in [-0.05, 0) is 0 Å². The standard InChI is InChI=1S/C10HClN4O2.2CH4/c11-10(5-15)7(16)1-6(2-12)8(17)9(10,3-13)4-14;;/h1H;2*1H4. The molecule has 0 heterocycles. The van der Waals surface area contributed by atoms with Crippen LogP contribution in [0.15, 0.2) is 11.6 Å². The predicted octanol–water partition coefficient (Wildman–Crippen LogP) is 1.40. The number of hydrogen-bond donors (Lipinski definition) is 0. The molecule has 19 heavy (non-hydrogen) atoms. The van der Waals surface area contributed by atoms with Crippen LogP contribution in [0.5, 0.6) is 0 Å². The number of carbonyl (C=O) groups is 2. The van der Waals surface area contributed by atoms with Crippen molar-refractivity contribution in [2.75, 3.05) is 0 Å². The second kappa shape index (κ2) is 5.78. The van der Waals surface area contributed by atoms with Crippen LogP contribution in [-0.2, 0) is 9.59 Å². The minimum absolute atomic E-state index is 0. The molecule has 0 bridgehead atoms. The van der Waals surface area contributed by atoms with E-state index in [0.29, 0.717) is 6.08 Å². The van der Waals surface area contributed by atoms with E-state index in [1.165, 1.54) is 24.3 Å². The van der Waals surface area contributed by atoms with Crippen LogP contribution in [0.1, 0.15) is 14.9 Å². The molecule has 0 saturated heterocycles. The first kappa shape index (κ1) is 18.7. The summed E-state index contributed by atoms with van der Waals surface area (Å²) < 4.78 is 0. The maximum absolute atomic E-state index is 11.7. The van der Waals surface area contributed by atoms with Crippen LogP contribution >= 0.6 is 11.6 Å². The lowest BCUT2D eigenvalue weighted by atomic mass is 9.67. The van der Waals surface area contributed by atoms with E-state index >= 15 is 0 Å². The molecule has 1 atom stereocenters. The van der Waals surface area contributed by atoms with Gasteiger partial charge in [0.15, 0.2) is 5.78 Å². The zero-order chi connectivity index (χ0) is 13.3. The molecule has 0 aromatic heterocycles. The minimum Gasteiger partial charge on any atom is -0.291 e. The number of hydrogen-bond acceptors (Lipinski definition) is 6. The molecule has 0 saturated carbocycles. The molecular formula is C12H9ClN4O2. The Hall–Kier alpha value is -2.67. The molecule has 0 aromatic rings. The largest absolute Gasteiger partial charge is 0.291 e. The second-order valence-corrected chi connectivity index (χ2v) is 3.67. The molecule has 1 aliphatic rings. The average Bonchev–Trinajstić information content (AvgIpc) is 2.35. The van der Waals surface area contributed by atoms with Gasteiger partial charge in [-0.2, -0.15) is 21.0 Å². The van der Waals surface area contributed by atoms with E-state index in [1.54, 1.807) is 0 Å². The lowest BCUT2D eigenvalue weighted by Gasteiger charge is -2.30. The van der Waals surface area contributed by atoms with Crippen molar-refractivity contribution < 1.29 is 9.59 Å². The van der Waals surface area contributed by atoms with Crippen LogP contribution in [0.2, 0.25) is 0 Å². The summed E-state index contributed by atoms with van der Waals surface area (Å²) in [5.74, 6) is -2.36. The maximum atomic E-state index is 11.7. The van der Waals surface area contributed by atoms with Crippen molar-refractivity contribution in [2.24, 2.45) is 5.41 Å². The fourth-order valence-corrected chi connectivity index (χ4v) is 1.57. The average molecular weight is 277 g/mol. The van der Waals surface area contributed by atoms with Gasteiger partial charge < -0.3 is 0 Å². The molecule has 0 aromatic carbocycles. The third-order valence-corrected chi connectivity index (χ3v) is 2.88. The predicted molar refractivity (Wildman–Crippen MR) is 65.0 cm³/mol.